The highest BCUT2D eigenvalue weighted by Gasteiger charge is 2.48. The number of likely N-dealkylation sites (tertiary alicyclic amines) is 1. The number of piperidine rings is 1. The third kappa shape index (κ3) is 2.80. The van der Waals surface area contributed by atoms with Crippen molar-refractivity contribution in [3.8, 4) is 5.75 Å². The molecule has 0 aromatic carbocycles. The molecule has 0 radical (unpaired) electrons. The molecular weight excluding hydrogens is 328 g/mol. The van der Waals surface area contributed by atoms with Gasteiger partial charge in [-0.3, -0.25) is 9.59 Å². The molecule has 7 heteroatoms. The molecule has 2 aliphatic rings. The molecule has 1 aromatic rings. The number of aliphatic hydroxyl groups is 1. The second-order valence-electron chi connectivity index (χ2n) is 7.18. The van der Waals surface area contributed by atoms with Crippen LogP contribution in [0, 0.1) is 0 Å². The van der Waals surface area contributed by atoms with Gasteiger partial charge in [0.1, 0.15) is 17.5 Å². The number of aliphatic hydroxyl groups excluding tert-OH is 1. The van der Waals surface area contributed by atoms with E-state index in [0.29, 0.717) is 23.6 Å². The minimum Gasteiger partial charge on any atom is -0.484 e. The highest BCUT2D eigenvalue weighted by Crippen LogP contribution is 2.48. The second kappa shape index (κ2) is 6.04. The largest absolute Gasteiger partial charge is 0.484 e. The van der Waals surface area contributed by atoms with Crippen molar-refractivity contribution in [3.63, 3.8) is 0 Å². The third-order valence-corrected chi connectivity index (χ3v) is 5.87. The second-order valence-corrected chi connectivity index (χ2v) is 8.26. The van der Waals surface area contributed by atoms with E-state index in [4.69, 9.17) is 4.74 Å². The van der Waals surface area contributed by atoms with Gasteiger partial charge in [0.05, 0.1) is 15.8 Å². The molecule has 0 saturated carbocycles. The zero-order valence-electron chi connectivity index (χ0n) is 14.5. The van der Waals surface area contributed by atoms with Crippen molar-refractivity contribution >= 4 is 23.2 Å². The molecule has 3 heterocycles. The summed E-state index contributed by atoms with van der Waals surface area (Å²) >= 11 is 1.31. The standard InChI is InChI=1S/C17H24N2O4S/c1-17(2)15(21)13(19-8-6-5-7-12(19)20)14-10(23-17)9-11(24-14)16(22)18(3)4/h9,13,15,21H,5-8H2,1-4H3/t13-,15+/m1/s1. The van der Waals surface area contributed by atoms with Crippen LogP contribution < -0.4 is 4.74 Å². The summed E-state index contributed by atoms with van der Waals surface area (Å²) in [6, 6.07) is 1.28. The number of ether oxygens (including phenoxy) is 1. The van der Waals surface area contributed by atoms with Gasteiger partial charge >= 0.3 is 0 Å². The van der Waals surface area contributed by atoms with Crippen LogP contribution in [0.2, 0.25) is 0 Å². The summed E-state index contributed by atoms with van der Waals surface area (Å²) in [6.07, 6.45) is 1.49. The van der Waals surface area contributed by atoms with Crippen molar-refractivity contribution in [1.29, 1.82) is 0 Å². The van der Waals surface area contributed by atoms with E-state index >= 15 is 0 Å². The van der Waals surface area contributed by atoms with Gasteiger partial charge in [-0.15, -0.1) is 11.3 Å². The fourth-order valence-electron chi connectivity index (χ4n) is 3.30. The molecule has 2 aliphatic heterocycles. The minimum absolute atomic E-state index is 0.0582. The number of fused-ring (bicyclic) bond motifs is 1. The molecule has 2 atom stereocenters. The summed E-state index contributed by atoms with van der Waals surface area (Å²) in [5.74, 6) is 0.556. The van der Waals surface area contributed by atoms with Crippen LogP contribution in [-0.4, -0.2) is 59.1 Å². The van der Waals surface area contributed by atoms with Gasteiger partial charge in [-0.1, -0.05) is 0 Å². The lowest BCUT2D eigenvalue weighted by Crippen LogP contribution is -2.55. The fourth-order valence-corrected chi connectivity index (χ4v) is 4.55. The molecule has 0 aliphatic carbocycles. The maximum absolute atomic E-state index is 12.4. The quantitative estimate of drug-likeness (QED) is 0.884. The molecule has 1 aromatic heterocycles. The lowest BCUT2D eigenvalue weighted by molar-refractivity contribution is -0.146. The van der Waals surface area contributed by atoms with E-state index in [1.54, 1.807) is 25.1 Å². The first-order valence-electron chi connectivity index (χ1n) is 8.24. The normalized spacial score (nSPS) is 25.9. The van der Waals surface area contributed by atoms with E-state index in [1.165, 1.54) is 16.2 Å². The van der Waals surface area contributed by atoms with Crippen LogP contribution in [0.25, 0.3) is 0 Å². The number of nitrogens with zero attached hydrogens (tertiary/aromatic N) is 2. The average Bonchev–Trinajstić information content (AvgIpc) is 2.91. The molecule has 0 unspecified atom stereocenters. The van der Waals surface area contributed by atoms with Gasteiger partial charge in [0, 0.05) is 33.1 Å². The van der Waals surface area contributed by atoms with Crippen LogP contribution in [0.4, 0.5) is 0 Å². The predicted molar refractivity (Wildman–Crippen MR) is 91.4 cm³/mol. The molecule has 2 amide bonds. The number of carbonyl (C=O) groups is 2. The van der Waals surface area contributed by atoms with Gasteiger partial charge in [0.15, 0.2) is 0 Å². The Labute approximate surface area is 146 Å². The Balaban J connectivity index is 2.05. The highest BCUT2D eigenvalue weighted by molar-refractivity contribution is 7.14. The first-order chi connectivity index (χ1) is 11.2. The summed E-state index contributed by atoms with van der Waals surface area (Å²) in [4.78, 5) is 29.3. The van der Waals surface area contributed by atoms with Gasteiger partial charge in [0.2, 0.25) is 5.91 Å². The Morgan fingerprint density at radius 1 is 1.42 bits per heavy atom. The zero-order valence-corrected chi connectivity index (χ0v) is 15.4. The van der Waals surface area contributed by atoms with Gasteiger partial charge in [-0.2, -0.15) is 0 Å². The van der Waals surface area contributed by atoms with Crippen LogP contribution in [0.1, 0.15) is 53.7 Å². The Morgan fingerprint density at radius 2 is 2.12 bits per heavy atom. The van der Waals surface area contributed by atoms with Gasteiger partial charge in [-0.05, 0) is 26.7 Å². The maximum atomic E-state index is 12.4. The van der Waals surface area contributed by atoms with Crippen molar-refractivity contribution in [2.24, 2.45) is 0 Å². The molecule has 1 fully saturated rings. The summed E-state index contributed by atoms with van der Waals surface area (Å²) < 4.78 is 5.95. The van der Waals surface area contributed by atoms with E-state index < -0.39 is 17.7 Å². The van der Waals surface area contributed by atoms with Crippen LogP contribution in [-0.2, 0) is 4.79 Å². The number of carbonyl (C=O) groups excluding carboxylic acids is 2. The Kier molecular flexibility index (Phi) is 4.34. The first-order valence-corrected chi connectivity index (χ1v) is 9.06. The Hall–Kier alpha value is -1.60. The molecule has 6 nitrogen and oxygen atoms in total. The maximum Gasteiger partial charge on any atom is 0.263 e. The van der Waals surface area contributed by atoms with Crippen LogP contribution in [0.3, 0.4) is 0 Å². The summed E-state index contributed by atoms with van der Waals surface area (Å²) in [6.45, 7) is 4.26. The lowest BCUT2D eigenvalue weighted by Gasteiger charge is -2.46. The summed E-state index contributed by atoms with van der Waals surface area (Å²) in [7, 11) is 3.40. The van der Waals surface area contributed by atoms with Crippen molar-refractivity contribution in [3.05, 3.63) is 15.8 Å². The van der Waals surface area contributed by atoms with Crippen molar-refractivity contribution < 1.29 is 19.4 Å². The summed E-state index contributed by atoms with van der Waals surface area (Å²) in [5, 5.41) is 10.9. The van der Waals surface area contributed by atoms with Crippen molar-refractivity contribution in [2.75, 3.05) is 20.6 Å². The van der Waals surface area contributed by atoms with E-state index in [0.717, 1.165) is 17.7 Å². The van der Waals surface area contributed by atoms with Gasteiger partial charge < -0.3 is 19.6 Å². The van der Waals surface area contributed by atoms with Crippen LogP contribution in [0.15, 0.2) is 6.07 Å². The minimum atomic E-state index is -0.840. The lowest BCUT2D eigenvalue weighted by atomic mass is 9.88. The molecular formula is C17H24N2O4S. The summed E-state index contributed by atoms with van der Waals surface area (Å²) in [5.41, 5.74) is -0.825. The zero-order chi connectivity index (χ0) is 17.6. The molecule has 1 N–H and O–H groups in total. The van der Waals surface area contributed by atoms with Crippen molar-refractivity contribution in [1.82, 2.24) is 9.80 Å². The molecule has 0 bridgehead atoms. The predicted octanol–water partition coefficient (Wildman–Crippen LogP) is 2.04. The number of hydrogen-bond donors (Lipinski definition) is 1. The number of rotatable bonds is 2. The molecule has 3 rings (SSSR count). The number of amides is 2. The topological polar surface area (TPSA) is 70.1 Å². The molecule has 0 spiro atoms. The number of thiophene rings is 1. The SMILES string of the molecule is CN(C)C(=O)c1cc2c(s1)[C@@H](N1CCCCC1=O)[C@H](O)C(C)(C)O2. The van der Waals surface area contributed by atoms with Gasteiger partial charge in [0.25, 0.3) is 5.91 Å². The van der Waals surface area contributed by atoms with Gasteiger partial charge in [-0.25, -0.2) is 0 Å². The molecule has 24 heavy (non-hydrogen) atoms. The fraction of sp³-hybridized carbons (Fsp3) is 0.647. The smallest absolute Gasteiger partial charge is 0.263 e. The van der Waals surface area contributed by atoms with Crippen LogP contribution >= 0.6 is 11.3 Å². The monoisotopic (exact) mass is 352 g/mol. The highest BCUT2D eigenvalue weighted by atomic mass is 32.1. The van der Waals surface area contributed by atoms with E-state index in [-0.39, 0.29) is 11.8 Å². The molecule has 1 saturated heterocycles. The third-order valence-electron chi connectivity index (χ3n) is 4.69. The first kappa shape index (κ1) is 17.2. The number of hydrogen-bond acceptors (Lipinski definition) is 5. The van der Waals surface area contributed by atoms with E-state index in [9.17, 15) is 14.7 Å². The Bertz CT molecular complexity index is 668. The van der Waals surface area contributed by atoms with Crippen molar-refractivity contribution in [2.45, 2.75) is 50.9 Å². The Morgan fingerprint density at radius 3 is 2.75 bits per heavy atom. The van der Waals surface area contributed by atoms with E-state index in [1.807, 2.05) is 13.8 Å². The average molecular weight is 352 g/mol. The van der Waals surface area contributed by atoms with Crippen LogP contribution in [0.5, 0.6) is 5.75 Å². The van der Waals surface area contributed by atoms with E-state index in [2.05, 4.69) is 0 Å². The molecule has 132 valence electrons.